The van der Waals surface area contributed by atoms with Crippen molar-refractivity contribution in [2.24, 2.45) is 11.8 Å². The van der Waals surface area contributed by atoms with Gasteiger partial charge in [0.15, 0.2) is 0 Å². The van der Waals surface area contributed by atoms with E-state index in [1.165, 1.54) is 19.3 Å². The van der Waals surface area contributed by atoms with Crippen LogP contribution in [0.2, 0.25) is 0 Å². The fourth-order valence-electron chi connectivity index (χ4n) is 2.92. The molecule has 1 fully saturated rings. The van der Waals surface area contributed by atoms with Crippen molar-refractivity contribution >= 4 is 0 Å². The molecule has 0 saturated heterocycles. The van der Waals surface area contributed by atoms with Gasteiger partial charge in [-0.3, -0.25) is 0 Å². The monoisotopic (exact) mass is 252 g/mol. The number of hydrogen-bond acceptors (Lipinski definition) is 3. The van der Waals surface area contributed by atoms with Crippen molar-refractivity contribution in [1.82, 2.24) is 5.32 Å². The fourth-order valence-corrected chi connectivity index (χ4v) is 2.92. The van der Waals surface area contributed by atoms with Gasteiger partial charge in [-0.25, -0.2) is 0 Å². The van der Waals surface area contributed by atoms with Crippen molar-refractivity contribution in [1.29, 1.82) is 5.26 Å². The Bertz CT molecular complexity index is 277. The maximum absolute atomic E-state index is 9.05. The molecule has 0 aliphatic heterocycles. The van der Waals surface area contributed by atoms with Crippen molar-refractivity contribution in [2.45, 2.75) is 64.5 Å². The Morgan fingerprint density at radius 3 is 2.39 bits per heavy atom. The number of rotatable bonds is 6. The molecule has 1 rings (SSSR count). The minimum atomic E-state index is -0.406. The van der Waals surface area contributed by atoms with Crippen LogP contribution in [-0.4, -0.2) is 25.3 Å². The molecular weight excluding hydrogens is 224 g/mol. The predicted octanol–water partition coefficient (Wildman–Crippen LogP) is 3.11. The molecule has 0 heterocycles. The molecule has 18 heavy (non-hydrogen) atoms. The summed E-state index contributed by atoms with van der Waals surface area (Å²) in [6.45, 7) is 7.36. The Morgan fingerprint density at radius 1 is 1.28 bits per heavy atom. The zero-order chi connectivity index (χ0) is 13.6. The molecule has 104 valence electrons. The van der Waals surface area contributed by atoms with Gasteiger partial charge in [-0.15, -0.1) is 0 Å². The van der Waals surface area contributed by atoms with E-state index >= 15 is 0 Å². The molecule has 1 N–H and O–H groups in total. The summed E-state index contributed by atoms with van der Waals surface area (Å²) in [5, 5.41) is 12.1. The van der Waals surface area contributed by atoms with Gasteiger partial charge in [-0.2, -0.15) is 5.26 Å². The molecule has 3 nitrogen and oxygen atoms in total. The third kappa shape index (κ3) is 4.96. The standard InChI is InChI=1S/C15H28N2O/c1-12-8-13(2)10-14(9-12)18-7-5-6-15(3,11-16)17-4/h12-14,17H,5-10H2,1-4H3. The minimum Gasteiger partial charge on any atom is -0.378 e. The molecule has 3 unspecified atom stereocenters. The molecule has 3 atom stereocenters. The Hall–Kier alpha value is -0.590. The van der Waals surface area contributed by atoms with Crippen molar-refractivity contribution in [3.63, 3.8) is 0 Å². The smallest absolute Gasteiger partial charge is 0.103 e. The first kappa shape index (κ1) is 15.5. The molecule has 0 amide bonds. The van der Waals surface area contributed by atoms with Gasteiger partial charge in [-0.1, -0.05) is 13.8 Å². The van der Waals surface area contributed by atoms with Crippen molar-refractivity contribution in [3.05, 3.63) is 0 Å². The number of nitrogens with one attached hydrogen (secondary N) is 1. The van der Waals surface area contributed by atoms with E-state index in [2.05, 4.69) is 25.2 Å². The van der Waals surface area contributed by atoms with E-state index in [1.54, 1.807) is 0 Å². The summed E-state index contributed by atoms with van der Waals surface area (Å²) in [5.41, 5.74) is -0.406. The van der Waals surface area contributed by atoms with Gasteiger partial charge in [0.1, 0.15) is 5.54 Å². The van der Waals surface area contributed by atoms with Gasteiger partial charge in [-0.05, 0) is 57.9 Å². The van der Waals surface area contributed by atoms with E-state index in [0.29, 0.717) is 6.10 Å². The van der Waals surface area contributed by atoms with Gasteiger partial charge in [0, 0.05) is 6.61 Å². The first-order valence-electron chi connectivity index (χ1n) is 7.21. The summed E-state index contributed by atoms with van der Waals surface area (Å²) in [6, 6.07) is 2.31. The minimum absolute atomic E-state index is 0.406. The third-order valence-electron chi connectivity index (χ3n) is 4.11. The zero-order valence-corrected chi connectivity index (χ0v) is 12.3. The average Bonchev–Trinajstić information content (AvgIpc) is 2.33. The van der Waals surface area contributed by atoms with Crippen LogP contribution in [0.1, 0.15) is 52.9 Å². The van der Waals surface area contributed by atoms with E-state index in [-0.39, 0.29) is 0 Å². The summed E-state index contributed by atoms with van der Waals surface area (Å²) in [6.07, 6.45) is 5.97. The first-order valence-corrected chi connectivity index (χ1v) is 7.21. The Morgan fingerprint density at radius 2 is 1.89 bits per heavy atom. The highest BCUT2D eigenvalue weighted by molar-refractivity contribution is 5.02. The van der Waals surface area contributed by atoms with E-state index in [4.69, 9.17) is 10.00 Å². The number of nitriles is 1. The summed E-state index contributed by atoms with van der Waals surface area (Å²) in [5.74, 6) is 1.58. The van der Waals surface area contributed by atoms with Crippen molar-refractivity contribution < 1.29 is 4.74 Å². The lowest BCUT2D eigenvalue weighted by Crippen LogP contribution is -2.38. The summed E-state index contributed by atoms with van der Waals surface area (Å²) in [4.78, 5) is 0. The molecule has 0 aromatic carbocycles. The molecule has 0 aromatic heterocycles. The van der Waals surface area contributed by atoms with E-state index in [0.717, 1.165) is 31.3 Å². The quantitative estimate of drug-likeness (QED) is 0.739. The molecule has 1 aliphatic carbocycles. The second-order valence-electron chi connectivity index (χ2n) is 6.21. The van der Waals surface area contributed by atoms with Crippen LogP contribution in [0.25, 0.3) is 0 Å². The molecule has 0 bridgehead atoms. The highest BCUT2D eigenvalue weighted by Crippen LogP contribution is 2.30. The average molecular weight is 252 g/mol. The third-order valence-corrected chi connectivity index (χ3v) is 4.11. The van der Waals surface area contributed by atoms with Crippen LogP contribution in [0.15, 0.2) is 0 Å². The summed E-state index contributed by atoms with van der Waals surface area (Å²) < 4.78 is 5.97. The topological polar surface area (TPSA) is 45.0 Å². The van der Waals surface area contributed by atoms with Gasteiger partial charge >= 0.3 is 0 Å². The van der Waals surface area contributed by atoms with Crippen LogP contribution in [0.3, 0.4) is 0 Å². The number of nitrogens with zero attached hydrogens (tertiary/aromatic N) is 1. The Labute approximate surface area is 112 Å². The summed E-state index contributed by atoms with van der Waals surface area (Å²) in [7, 11) is 1.84. The first-order chi connectivity index (χ1) is 8.49. The number of hydrogen-bond donors (Lipinski definition) is 1. The van der Waals surface area contributed by atoms with Crippen LogP contribution in [0.5, 0.6) is 0 Å². The predicted molar refractivity (Wildman–Crippen MR) is 74.2 cm³/mol. The molecule has 3 heteroatoms. The fraction of sp³-hybridized carbons (Fsp3) is 0.933. The second-order valence-corrected chi connectivity index (χ2v) is 6.21. The zero-order valence-electron chi connectivity index (χ0n) is 12.3. The van der Waals surface area contributed by atoms with E-state index < -0.39 is 5.54 Å². The molecular formula is C15H28N2O. The molecule has 0 spiro atoms. The molecule has 0 radical (unpaired) electrons. The van der Waals surface area contributed by atoms with Crippen molar-refractivity contribution in [2.75, 3.05) is 13.7 Å². The molecule has 0 aromatic rings. The van der Waals surface area contributed by atoms with Crippen LogP contribution in [0, 0.1) is 23.2 Å². The Balaban J connectivity index is 2.20. The normalized spacial score (nSPS) is 31.6. The van der Waals surface area contributed by atoms with E-state index in [1.807, 2.05) is 14.0 Å². The van der Waals surface area contributed by atoms with Crippen molar-refractivity contribution in [3.8, 4) is 6.07 Å². The molecule has 1 aliphatic rings. The van der Waals surface area contributed by atoms with Crippen LogP contribution >= 0.6 is 0 Å². The lowest BCUT2D eigenvalue weighted by Gasteiger charge is -2.31. The van der Waals surface area contributed by atoms with E-state index in [9.17, 15) is 0 Å². The van der Waals surface area contributed by atoms with Crippen LogP contribution in [0.4, 0.5) is 0 Å². The maximum atomic E-state index is 9.05. The Kier molecular flexibility index (Phi) is 6.11. The summed E-state index contributed by atoms with van der Waals surface area (Å²) >= 11 is 0. The van der Waals surface area contributed by atoms with Gasteiger partial charge in [0.05, 0.1) is 12.2 Å². The van der Waals surface area contributed by atoms with Gasteiger partial charge in [0.25, 0.3) is 0 Å². The highest BCUT2D eigenvalue weighted by Gasteiger charge is 2.25. The highest BCUT2D eigenvalue weighted by atomic mass is 16.5. The maximum Gasteiger partial charge on any atom is 0.103 e. The number of ether oxygens (including phenoxy) is 1. The van der Waals surface area contributed by atoms with Crippen LogP contribution in [-0.2, 0) is 4.74 Å². The largest absolute Gasteiger partial charge is 0.378 e. The molecule has 1 saturated carbocycles. The van der Waals surface area contributed by atoms with Gasteiger partial charge < -0.3 is 10.1 Å². The second kappa shape index (κ2) is 7.11. The lowest BCUT2D eigenvalue weighted by molar-refractivity contribution is -0.00163. The lowest BCUT2D eigenvalue weighted by atomic mass is 9.82. The SMILES string of the molecule is CNC(C)(C#N)CCCOC1CC(C)CC(C)C1. The van der Waals surface area contributed by atoms with Crippen LogP contribution < -0.4 is 5.32 Å². The van der Waals surface area contributed by atoms with Gasteiger partial charge in [0.2, 0.25) is 0 Å².